The Morgan fingerprint density at radius 2 is 1.55 bits per heavy atom. The minimum absolute atomic E-state index is 0.547. The Kier molecular flexibility index (Phi) is 3.82. The van der Waals surface area contributed by atoms with Crippen molar-refractivity contribution in [2.24, 2.45) is 41.4 Å². The smallest absolute Gasteiger partial charge is 0.330 e. The van der Waals surface area contributed by atoms with Crippen LogP contribution >= 0.6 is 0 Å². The molecule has 0 amide bonds. The molecule has 1 N–H and O–H groups in total. The molecule has 5 aliphatic rings. The maximum atomic E-state index is 11.3. The van der Waals surface area contributed by atoms with E-state index in [9.17, 15) is 9.90 Å². The van der Waals surface area contributed by atoms with Crippen LogP contribution in [0.1, 0.15) is 64.7 Å². The van der Waals surface area contributed by atoms with Crippen LogP contribution in [0.3, 0.4) is 0 Å². The van der Waals surface area contributed by atoms with E-state index < -0.39 is 5.97 Å². The van der Waals surface area contributed by atoms with Crippen LogP contribution in [0.25, 0.3) is 0 Å². The molecule has 2 nitrogen and oxygen atoms in total. The first-order valence-electron chi connectivity index (χ1n) is 9.57. The summed E-state index contributed by atoms with van der Waals surface area (Å²) in [6.45, 7) is 1.79. The average molecular weight is 302 g/mol. The van der Waals surface area contributed by atoms with Crippen molar-refractivity contribution in [2.45, 2.75) is 64.7 Å². The first-order valence-corrected chi connectivity index (χ1v) is 9.57. The van der Waals surface area contributed by atoms with Crippen LogP contribution in [0.15, 0.2) is 11.6 Å². The van der Waals surface area contributed by atoms with Gasteiger partial charge in [0.15, 0.2) is 0 Å². The first-order chi connectivity index (χ1) is 10.6. The third-order valence-corrected chi connectivity index (χ3v) is 7.71. The summed E-state index contributed by atoms with van der Waals surface area (Å²) in [6, 6.07) is 0. The molecule has 0 radical (unpaired) electrons. The first kappa shape index (κ1) is 14.8. The lowest BCUT2D eigenvalue weighted by atomic mass is 9.61. The zero-order valence-electron chi connectivity index (χ0n) is 13.8. The predicted molar refractivity (Wildman–Crippen MR) is 87.4 cm³/mol. The number of carboxylic acids is 1. The highest BCUT2D eigenvalue weighted by Crippen LogP contribution is 2.61. The Bertz CT molecular complexity index is 480. The molecule has 0 aromatic rings. The van der Waals surface area contributed by atoms with Gasteiger partial charge in [0, 0.05) is 5.57 Å². The summed E-state index contributed by atoms with van der Waals surface area (Å²) in [5, 5.41) is 9.28. The van der Waals surface area contributed by atoms with E-state index in [0.29, 0.717) is 11.5 Å². The van der Waals surface area contributed by atoms with E-state index >= 15 is 0 Å². The van der Waals surface area contributed by atoms with Crippen molar-refractivity contribution in [1.29, 1.82) is 0 Å². The van der Waals surface area contributed by atoms with Crippen LogP contribution in [0.5, 0.6) is 0 Å². The average Bonchev–Trinajstić information content (AvgIpc) is 2.89. The van der Waals surface area contributed by atoms with Gasteiger partial charge in [-0.15, -0.1) is 0 Å². The molecule has 122 valence electrons. The fraction of sp³-hybridized carbons (Fsp3) is 0.850. The summed E-state index contributed by atoms with van der Waals surface area (Å²) in [4.78, 5) is 11.3. The number of hydrogen-bond donors (Lipinski definition) is 1. The maximum absolute atomic E-state index is 11.3. The second kappa shape index (κ2) is 5.69. The van der Waals surface area contributed by atoms with E-state index in [1.165, 1.54) is 57.8 Å². The Morgan fingerprint density at radius 3 is 2.32 bits per heavy atom. The van der Waals surface area contributed by atoms with Gasteiger partial charge in [-0.05, 0) is 80.5 Å². The molecule has 0 aromatic carbocycles. The van der Waals surface area contributed by atoms with E-state index in [1.807, 2.05) is 0 Å². The fourth-order valence-corrected chi connectivity index (χ4v) is 6.93. The zero-order valence-corrected chi connectivity index (χ0v) is 13.8. The van der Waals surface area contributed by atoms with Crippen LogP contribution < -0.4 is 0 Å². The molecule has 0 saturated heterocycles. The number of rotatable bonds is 2. The van der Waals surface area contributed by atoms with Gasteiger partial charge in [-0.25, -0.2) is 4.79 Å². The van der Waals surface area contributed by atoms with E-state index in [1.54, 1.807) is 6.92 Å². The Hall–Kier alpha value is -0.790. The van der Waals surface area contributed by atoms with Gasteiger partial charge in [0.25, 0.3) is 0 Å². The lowest BCUT2D eigenvalue weighted by Crippen LogP contribution is -2.37. The van der Waals surface area contributed by atoms with Crippen molar-refractivity contribution in [3.8, 4) is 0 Å². The number of aliphatic carboxylic acids is 1. The molecule has 0 heterocycles. The maximum Gasteiger partial charge on any atom is 0.330 e. The van der Waals surface area contributed by atoms with Crippen LogP contribution in [0.2, 0.25) is 0 Å². The highest BCUT2D eigenvalue weighted by Gasteiger charge is 2.53. The van der Waals surface area contributed by atoms with Crippen molar-refractivity contribution in [1.82, 2.24) is 0 Å². The molecule has 5 rings (SSSR count). The molecule has 7 unspecified atom stereocenters. The van der Waals surface area contributed by atoms with Crippen molar-refractivity contribution >= 4 is 5.97 Å². The van der Waals surface area contributed by atoms with Gasteiger partial charge in [0.05, 0.1) is 0 Å². The minimum Gasteiger partial charge on any atom is -0.478 e. The van der Waals surface area contributed by atoms with Crippen LogP contribution in [-0.4, -0.2) is 11.1 Å². The van der Waals surface area contributed by atoms with E-state index in [-0.39, 0.29) is 0 Å². The number of carboxylic acid groups (broad SMARTS) is 1. The zero-order chi connectivity index (χ0) is 15.3. The van der Waals surface area contributed by atoms with Crippen LogP contribution in [0, 0.1) is 41.4 Å². The summed E-state index contributed by atoms with van der Waals surface area (Å²) in [5.41, 5.74) is 0.579. The van der Waals surface area contributed by atoms with E-state index in [0.717, 1.165) is 35.5 Å². The number of carbonyl (C=O) groups is 1. The van der Waals surface area contributed by atoms with Gasteiger partial charge in [-0.3, -0.25) is 0 Å². The molecule has 5 fully saturated rings. The van der Waals surface area contributed by atoms with Gasteiger partial charge < -0.3 is 5.11 Å². The Balaban J connectivity index is 1.67. The van der Waals surface area contributed by atoms with Gasteiger partial charge in [0.1, 0.15) is 0 Å². The van der Waals surface area contributed by atoms with E-state index in [4.69, 9.17) is 0 Å². The fourth-order valence-electron chi connectivity index (χ4n) is 6.93. The van der Waals surface area contributed by atoms with Gasteiger partial charge >= 0.3 is 5.97 Å². The molecule has 0 aromatic heterocycles. The van der Waals surface area contributed by atoms with Crippen molar-refractivity contribution < 1.29 is 9.90 Å². The predicted octanol–water partition coefficient (Wildman–Crippen LogP) is 4.90. The largest absolute Gasteiger partial charge is 0.478 e. The summed E-state index contributed by atoms with van der Waals surface area (Å²) in [7, 11) is 0. The topological polar surface area (TPSA) is 37.3 Å². The minimum atomic E-state index is -0.722. The van der Waals surface area contributed by atoms with E-state index in [2.05, 4.69) is 6.08 Å². The quantitative estimate of drug-likeness (QED) is 0.737. The van der Waals surface area contributed by atoms with Crippen molar-refractivity contribution in [3.63, 3.8) is 0 Å². The highest BCUT2D eigenvalue weighted by molar-refractivity contribution is 5.85. The third-order valence-electron chi connectivity index (χ3n) is 7.71. The van der Waals surface area contributed by atoms with Crippen molar-refractivity contribution in [2.75, 3.05) is 0 Å². The summed E-state index contributed by atoms with van der Waals surface area (Å²) < 4.78 is 0. The summed E-state index contributed by atoms with van der Waals surface area (Å²) in [6.07, 6.45) is 14.9. The molecule has 5 aliphatic carbocycles. The highest BCUT2D eigenvalue weighted by atomic mass is 16.4. The van der Waals surface area contributed by atoms with Gasteiger partial charge in [-0.1, -0.05) is 31.8 Å². The number of fused-ring (bicyclic) bond motifs is 1. The standard InChI is InChI=1S/C20H30O2/c1-12(20(21)22)9-14-11-19-15-6-3-2-5-13(15)10-18(14)16-7-4-8-17(16)19/h9,13-19H,2-8,10-11H2,1H3,(H,21,22). The van der Waals surface area contributed by atoms with Gasteiger partial charge in [0.2, 0.25) is 0 Å². The molecule has 7 atom stereocenters. The normalized spacial score (nSPS) is 47.7. The number of hydrogen-bond acceptors (Lipinski definition) is 1. The molecular weight excluding hydrogens is 272 g/mol. The number of allylic oxidation sites excluding steroid dienone is 1. The Morgan fingerprint density at radius 1 is 0.864 bits per heavy atom. The summed E-state index contributed by atoms with van der Waals surface area (Å²) in [5.74, 6) is 5.32. The SMILES string of the molecule is CC(=CC1CC2C3CCCCC3CC1C1CCCC12)C(=O)O. The second-order valence-electron chi connectivity index (χ2n) is 8.58. The van der Waals surface area contributed by atoms with Crippen molar-refractivity contribution in [3.05, 3.63) is 11.6 Å². The Labute approximate surface area is 134 Å². The lowest BCUT2D eigenvalue weighted by Gasteiger charge is -2.43. The van der Waals surface area contributed by atoms with Gasteiger partial charge in [-0.2, -0.15) is 0 Å². The molecule has 2 bridgehead atoms. The molecule has 0 spiro atoms. The molecule has 2 heteroatoms. The van der Waals surface area contributed by atoms with Crippen LogP contribution in [-0.2, 0) is 4.79 Å². The van der Waals surface area contributed by atoms with Crippen LogP contribution in [0.4, 0.5) is 0 Å². The molecular formula is C20H30O2. The third kappa shape index (κ3) is 2.34. The lowest BCUT2D eigenvalue weighted by molar-refractivity contribution is -0.132. The second-order valence-corrected chi connectivity index (χ2v) is 8.58. The molecule has 0 aliphatic heterocycles. The molecule has 22 heavy (non-hydrogen) atoms. The molecule has 5 saturated carbocycles. The summed E-state index contributed by atoms with van der Waals surface area (Å²) >= 11 is 0. The monoisotopic (exact) mass is 302 g/mol.